The molecule has 0 saturated carbocycles. The Balaban J connectivity index is 1.64. The fraction of sp³-hybridized carbons (Fsp3) is 0.357. The highest BCUT2D eigenvalue weighted by molar-refractivity contribution is 7.90. The number of aromatic nitrogens is 3. The minimum atomic E-state index is -3.82. The second-order valence-corrected chi connectivity index (χ2v) is 10.9. The third kappa shape index (κ3) is 5.88. The maximum atomic E-state index is 13.7. The first kappa shape index (κ1) is 26.5. The lowest BCUT2D eigenvalue weighted by molar-refractivity contribution is -0.118. The van der Waals surface area contributed by atoms with E-state index in [1.807, 2.05) is 33.9 Å². The van der Waals surface area contributed by atoms with Crippen LogP contribution in [-0.2, 0) is 28.3 Å². The van der Waals surface area contributed by atoms with Gasteiger partial charge in [-0.25, -0.2) is 12.4 Å². The van der Waals surface area contributed by atoms with Crippen molar-refractivity contribution >= 4 is 26.7 Å². The molecule has 0 aliphatic carbocycles. The topological polar surface area (TPSA) is 92.4 Å². The molecular formula is C28H33N3O5S. The second-order valence-electron chi connectivity index (χ2n) is 9.10. The highest BCUT2D eigenvalue weighted by Crippen LogP contribution is 2.33. The summed E-state index contributed by atoms with van der Waals surface area (Å²) in [4.78, 5) is 12.1. The van der Waals surface area contributed by atoms with Gasteiger partial charge in [0.15, 0.2) is 0 Å². The molecule has 4 rings (SSSR count). The van der Waals surface area contributed by atoms with E-state index in [0.717, 1.165) is 16.5 Å². The van der Waals surface area contributed by atoms with Gasteiger partial charge in [0, 0.05) is 43.2 Å². The number of carbonyl (C=O) groups is 1. The van der Waals surface area contributed by atoms with Crippen LogP contribution in [0.2, 0.25) is 0 Å². The molecule has 196 valence electrons. The van der Waals surface area contributed by atoms with Crippen LogP contribution in [0.15, 0.2) is 59.6 Å². The van der Waals surface area contributed by atoms with Crippen LogP contribution in [0.5, 0.6) is 11.6 Å². The molecule has 0 aliphatic heterocycles. The average Bonchev–Trinajstić information content (AvgIpc) is 3.42. The maximum Gasteiger partial charge on any atom is 0.268 e. The number of fused-ring (bicyclic) bond motifs is 1. The monoisotopic (exact) mass is 523 g/mol. The Morgan fingerprint density at radius 3 is 2.41 bits per heavy atom. The molecule has 0 atom stereocenters. The maximum absolute atomic E-state index is 13.7. The number of aryl methyl sites for hydroxylation is 3. The fourth-order valence-corrected chi connectivity index (χ4v) is 5.96. The lowest BCUT2D eigenvalue weighted by Crippen LogP contribution is -2.14. The normalized spacial score (nSPS) is 11.7. The first-order valence-electron chi connectivity index (χ1n) is 12.4. The molecule has 0 amide bonds. The van der Waals surface area contributed by atoms with Crippen molar-refractivity contribution in [3.63, 3.8) is 0 Å². The van der Waals surface area contributed by atoms with Crippen LogP contribution in [0.25, 0.3) is 10.9 Å². The molecule has 0 saturated heterocycles. The van der Waals surface area contributed by atoms with Crippen LogP contribution in [0.4, 0.5) is 0 Å². The number of carbonyl (C=O) groups excluding carboxylic acids is 1. The van der Waals surface area contributed by atoms with E-state index in [1.54, 1.807) is 53.3 Å². The number of benzene rings is 2. The van der Waals surface area contributed by atoms with Crippen molar-refractivity contribution in [2.45, 2.75) is 51.3 Å². The third-order valence-electron chi connectivity index (χ3n) is 6.38. The summed E-state index contributed by atoms with van der Waals surface area (Å²) in [6.45, 7) is 6.23. The zero-order chi connectivity index (χ0) is 26.6. The minimum Gasteiger partial charge on any atom is -0.490 e. The molecule has 8 nitrogen and oxygen atoms in total. The molecule has 0 radical (unpaired) electrons. The van der Waals surface area contributed by atoms with Gasteiger partial charge in [0.1, 0.15) is 24.7 Å². The molecule has 0 bridgehead atoms. The van der Waals surface area contributed by atoms with E-state index in [9.17, 15) is 13.2 Å². The number of hydrogen-bond acceptors (Lipinski definition) is 6. The van der Waals surface area contributed by atoms with E-state index in [2.05, 4.69) is 5.10 Å². The first-order valence-corrected chi connectivity index (χ1v) is 13.9. The standard InChI is InChI=1S/C28H33N3O5S/c1-5-22(32)7-6-8-25-21(3)31(37(33,34)24-12-9-20(2)10-13-24)27-14-11-23(19-26(25)27)35-17-18-36-28-15-16-30(4)29-28/h9-16,19H,5-8,17-18H2,1-4H3. The zero-order valence-electron chi connectivity index (χ0n) is 21.7. The number of hydrogen-bond donors (Lipinski definition) is 0. The van der Waals surface area contributed by atoms with Crippen molar-refractivity contribution in [2.24, 2.45) is 7.05 Å². The zero-order valence-corrected chi connectivity index (χ0v) is 22.5. The summed E-state index contributed by atoms with van der Waals surface area (Å²) < 4.78 is 42.0. The minimum absolute atomic E-state index is 0.200. The Labute approximate surface area is 217 Å². The summed E-state index contributed by atoms with van der Waals surface area (Å²) in [6.07, 6.45) is 4.02. The van der Waals surface area contributed by atoms with Crippen LogP contribution < -0.4 is 9.47 Å². The largest absolute Gasteiger partial charge is 0.490 e. The highest BCUT2D eigenvalue weighted by atomic mass is 32.2. The number of ether oxygens (including phenoxy) is 2. The van der Waals surface area contributed by atoms with Crippen LogP contribution in [0.3, 0.4) is 0 Å². The van der Waals surface area contributed by atoms with Gasteiger partial charge < -0.3 is 9.47 Å². The molecule has 2 heterocycles. The van der Waals surface area contributed by atoms with Gasteiger partial charge in [0.2, 0.25) is 5.88 Å². The average molecular weight is 524 g/mol. The smallest absolute Gasteiger partial charge is 0.268 e. The first-order chi connectivity index (χ1) is 17.7. The Kier molecular flexibility index (Phi) is 8.02. The molecule has 0 spiro atoms. The van der Waals surface area contributed by atoms with Crippen LogP contribution in [0.1, 0.15) is 43.0 Å². The predicted molar refractivity (Wildman–Crippen MR) is 143 cm³/mol. The lowest BCUT2D eigenvalue weighted by Gasteiger charge is -2.11. The van der Waals surface area contributed by atoms with Gasteiger partial charge in [-0.2, -0.15) is 0 Å². The van der Waals surface area contributed by atoms with E-state index >= 15 is 0 Å². The molecule has 2 aromatic carbocycles. The van der Waals surface area contributed by atoms with Gasteiger partial charge in [-0.1, -0.05) is 24.6 Å². The number of nitrogens with zero attached hydrogens (tertiary/aromatic N) is 3. The van der Waals surface area contributed by atoms with Crippen LogP contribution in [-0.4, -0.2) is 41.2 Å². The summed E-state index contributed by atoms with van der Waals surface area (Å²) in [5.74, 6) is 1.35. The summed E-state index contributed by atoms with van der Waals surface area (Å²) in [5.41, 5.74) is 3.13. The Bertz CT molecular complexity index is 1500. The Morgan fingerprint density at radius 2 is 1.73 bits per heavy atom. The van der Waals surface area contributed by atoms with Gasteiger partial charge in [-0.3, -0.25) is 9.48 Å². The molecular weight excluding hydrogens is 490 g/mol. The molecule has 9 heteroatoms. The van der Waals surface area contributed by atoms with Crippen molar-refractivity contribution in [2.75, 3.05) is 13.2 Å². The molecule has 0 aliphatic rings. The lowest BCUT2D eigenvalue weighted by atomic mass is 10.0. The second kappa shape index (κ2) is 11.2. The van der Waals surface area contributed by atoms with E-state index in [1.165, 1.54) is 3.97 Å². The van der Waals surface area contributed by atoms with E-state index < -0.39 is 10.0 Å². The van der Waals surface area contributed by atoms with Crippen molar-refractivity contribution in [1.29, 1.82) is 0 Å². The molecule has 0 fully saturated rings. The molecule has 4 aromatic rings. The summed E-state index contributed by atoms with van der Waals surface area (Å²) >= 11 is 0. The molecule has 0 unspecified atom stereocenters. The van der Waals surface area contributed by atoms with Crippen molar-refractivity contribution in [1.82, 2.24) is 13.8 Å². The van der Waals surface area contributed by atoms with E-state index in [0.29, 0.717) is 61.7 Å². The molecule has 2 aromatic heterocycles. The van der Waals surface area contributed by atoms with Gasteiger partial charge >= 0.3 is 0 Å². The van der Waals surface area contributed by atoms with Crippen molar-refractivity contribution in [3.8, 4) is 11.6 Å². The predicted octanol–water partition coefficient (Wildman–Crippen LogP) is 4.99. The summed E-state index contributed by atoms with van der Waals surface area (Å²) in [7, 11) is -2.00. The highest BCUT2D eigenvalue weighted by Gasteiger charge is 2.25. The third-order valence-corrected chi connectivity index (χ3v) is 8.20. The summed E-state index contributed by atoms with van der Waals surface area (Å²) in [6, 6.07) is 14.1. The SMILES string of the molecule is CCC(=O)CCCc1c(C)n(S(=O)(=O)c2ccc(C)cc2)c2ccc(OCCOc3ccn(C)n3)cc12. The van der Waals surface area contributed by atoms with Gasteiger partial charge in [0.25, 0.3) is 10.0 Å². The molecule has 0 N–H and O–H groups in total. The quantitative estimate of drug-likeness (QED) is 0.243. The van der Waals surface area contributed by atoms with Gasteiger partial charge in [-0.15, -0.1) is 5.10 Å². The Hall–Kier alpha value is -3.59. The molecule has 37 heavy (non-hydrogen) atoms. The van der Waals surface area contributed by atoms with Crippen molar-refractivity contribution in [3.05, 3.63) is 71.5 Å². The van der Waals surface area contributed by atoms with E-state index in [4.69, 9.17) is 9.47 Å². The number of ketones is 1. The van der Waals surface area contributed by atoms with Crippen molar-refractivity contribution < 1.29 is 22.7 Å². The van der Waals surface area contributed by atoms with E-state index in [-0.39, 0.29) is 10.7 Å². The van der Waals surface area contributed by atoms with Crippen LogP contribution >= 0.6 is 0 Å². The fourth-order valence-electron chi connectivity index (χ4n) is 4.38. The number of Topliss-reactive ketones (excluding diaryl/α,β-unsaturated/α-hetero) is 1. The number of rotatable bonds is 12. The summed E-state index contributed by atoms with van der Waals surface area (Å²) in [5, 5.41) is 4.98. The Morgan fingerprint density at radius 1 is 1.00 bits per heavy atom. The van der Waals surface area contributed by atoms with Gasteiger partial charge in [-0.05, 0) is 62.6 Å². The van der Waals surface area contributed by atoms with Crippen LogP contribution in [0, 0.1) is 13.8 Å². The van der Waals surface area contributed by atoms with Gasteiger partial charge in [0.05, 0.1) is 10.4 Å².